The van der Waals surface area contributed by atoms with Crippen LogP contribution in [0.5, 0.6) is 11.5 Å². The number of rotatable bonds is 6. The lowest BCUT2D eigenvalue weighted by Crippen LogP contribution is -2.29. The maximum Gasteiger partial charge on any atom is 0.260 e. The highest BCUT2D eigenvalue weighted by Crippen LogP contribution is 2.46. The van der Waals surface area contributed by atoms with Crippen LogP contribution in [-0.2, 0) is 4.79 Å². The number of hydrogen-bond donors (Lipinski definition) is 2. The van der Waals surface area contributed by atoms with Crippen molar-refractivity contribution in [2.45, 2.75) is 32.3 Å². The molecular formula is C20H22BrNO4. The van der Waals surface area contributed by atoms with Crippen molar-refractivity contribution in [1.82, 2.24) is 0 Å². The fraction of sp³-hybridized carbons (Fsp3) is 0.350. The van der Waals surface area contributed by atoms with Crippen LogP contribution < -0.4 is 9.64 Å². The van der Waals surface area contributed by atoms with Gasteiger partial charge in [-0.05, 0) is 40.0 Å². The quantitative estimate of drug-likeness (QED) is 0.680. The van der Waals surface area contributed by atoms with E-state index in [2.05, 4.69) is 22.9 Å². The number of carbonyl (C=O) groups excluding carboxylic acids is 1. The van der Waals surface area contributed by atoms with Gasteiger partial charge in [-0.2, -0.15) is 0 Å². The Hall–Kier alpha value is -2.05. The average Bonchev–Trinajstić information content (AvgIpc) is 2.88. The van der Waals surface area contributed by atoms with Crippen molar-refractivity contribution in [3.05, 3.63) is 40.4 Å². The van der Waals surface area contributed by atoms with Crippen molar-refractivity contribution in [3.63, 3.8) is 0 Å². The number of aliphatic hydroxyl groups excluding tert-OH is 1. The molecule has 0 aromatic heterocycles. The van der Waals surface area contributed by atoms with E-state index in [4.69, 9.17) is 4.74 Å². The normalized spacial score (nSPS) is 16.1. The molecular weight excluding hydrogens is 398 g/mol. The van der Waals surface area contributed by atoms with Crippen molar-refractivity contribution in [3.8, 4) is 22.6 Å². The molecule has 0 aliphatic carbocycles. The van der Waals surface area contributed by atoms with E-state index in [0.717, 1.165) is 19.3 Å². The van der Waals surface area contributed by atoms with Crippen LogP contribution in [0.2, 0.25) is 0 Å². The Morgan fingerprint density at radius 2 is 2.00 bits per heavy atom. The first kappa shape index (κ1) is 18.7. The van der Waals surface area contributed by atoms with Crippen LogP contribution in [0.3, 0.4) is 0 Å². The third-order valence-corrected chi connectivity index (χ3v) is 5.31. The molecule has 3 rings (SSSR count). The third-order valence-electron chi connectivity index (χ3n) is 4.69. The maximum absolute atomic E-state index is 12.6. The second-order valence-electron chi connectivity index (χ2n) is 6.34. The summed E-state index contributed by atoms with van der Waals surface area (Å²) in [5.74, 6) is 0.231. The number of benzene rings is 2. The highest BCUT2D eigenvalue weighted by Gasteiger charge is 2.38. The molecule has 0 radical (unpaired) electrons. The summed E-state index contributed by atoms with van der Waals surface area (Å²) in [5, 5.41) is 21.0. The van der Waals surface area contributed by atoms with Crippen molar-refractivity contribution in [2.75, 3.05) is 18.6 Å². The van der Waals surface area contributed by atoms with Gasteiger partial charge in [0.1, 0.15) is 11.5 Å². The number of phenols is 1. The molecule has 1 unspecified atom stereocenters. The minimum Gasteiger partial charge on any atom is -0.507 e. The van der Waals surface area contributed by atoms with E-state index in [1.165, 1.54) is 13.2 Å². The third kappa shape index (κ3) is 3.19. The summed E-state index contributed by atoms with van der Waals surface area (Å²) in [5.41, 5.74) is 2.43. The fourth-order valence-corrected chi connectivity index (χ4v) is 3.87. The first-order valence-electron chi connectivity index (χ1n) is 8.68. The Morgan fingerprint density at radius 1 is 1.23 bits per heavy atom. The second-order valence-corrected chi connectivity index (χ2v) is 7.20. The number of phenolic OH excluding ortho intramolecular Hbond substituents is 1. The molecule has 2 N–H and O–H groups in total. The van der Waals surface area contributed by atoms with Gasteiger partial charge in [-0.1, -0.05) is 31.9 Å². The molecule has 0 bridgehead atoms. The van der Waals surface area contributed by atoms with Gasteiger partial charge in [0.15, 0.2) is 6.10 Å². The Labute approximate surface area is 161 Å². The van der Waals surface area contributed by atoms with E-state index in [-0.39, 0.29) is 11.7 Å². The molecule has 0 spiro atoms. The lowest BCUT2D eigenvalue weighted by atomic mass is 9.95. The number of nitrogens with zero attached hydrogens (tertiary/aromatic N) is 1. The molecule has 0 saturated carbocycles. The average molecular weight is 420 g/mol. The first-order chi connectivity index (χ1) is 12.5. The zero-order valence-electron chi connectivity index (χ0n) is 14.8. The van der Waals surface area contributed by atoms with Crippen LogP contribution >= 0.6 is 15.9 Å². The number of aromatic hydroxyl groups is 1. The first-order valence-corrected chi connectivity index (χ1v) is 9.48. The zero-order chi connectivity index (χ0) is 18.8. The standard InChI is InChI=1S/C20H22BrNO4/c1-3-4-5-9-22-15-8-6-7-12(18(15)19(24)20(22)25)13-10-14(21)17(26-2)11-16(13)23/h6-8,10-11,19,23-24H,3-5,9H2,1-2H3. The molecule has 5 nitrogen and oxygen atoms in total. The summed E-state index contributed by atoms with van der Waals surface area (Å²) < 4.78 is 5.89. The highest BCUT2D eigenvalue weighted by molar-refractivity contribution is 9.10. The molecule has 2 aromatic carbocycles. The lowest BCUT2D eigenvalue weighted by Gasteiger charge is -2.18. The molecule has 2 aromatic rings. The number of anilines is 1. The summed E-state index contributed by atoms with van der Waals surface area (Å²) in [7, 11) is 1.52. The minimum absolute atomic E-state index is 0.0301. The van der Waals surface area contributed by atoms with Gasteiger partial charge in [-0.3, -0.25) is 4.79 Å². The number of methoxy groups -OCH3 is 1. The summed E-state index contributed by atoms with van der Waals surface area (Å²) in [6.45, 7) is 2.69. The van der Waals surface area contributed by atoms with Gasteiger partial charge < -0.3 is 19.8 Å². The second kappa shape index (κ2) is 7.68. The smallest absolute Gasteiger partial charge is 0.260 e. The van der Waals surface area contributed by atoms with Crippen LogP contribution in [0.15, 0.2) is 34.8 Å². The van der Waals surface area contributed by atoms with Crippen LogP contribution in [0.25, 0.3) is 11.1 Å². The van der Waals surface area contributed by atoms with Crippen LogP contribution in [0.1, 0.15) is 37.9 Å². The molecule has 1 amide bonds. The zero-order valence-corrected chi connectivity index (χ0v) is 16.4. The van der Waals surface area contributed by atoms with Crippen LogP contribution in [0.4, 0.5) is 5.69 Å². The Kier molecular flexibility index (Phi) is 5.53. The number of halogens is 1. The van der Waals surface area contributed by atoms with E-state index >= 15 is 0 Å². The van der Waals surface area contributed by atoms with Crippen molar-refractivity contribution >= 4 is 27.5 Å². The SMILES string of the molecule is CCCCCN1C(=O)C(O)c2c(-c3cc(Br)c(OC)cc3O)cccc21. The number of fused-ring (bicyclic) bond motifs is 1. The van der Waals surface area contributed by atoms with Gasteiger partial charge in [-0.15, -0.1) is 0 Å². The number of carbonyl (C=O) groups is 1. The summed E-state index contributed by atoms with van der Waals surface area (Å²) in [4.78, 5) is 14.2. The molecule has 1 atom stereocenters. The predicted molar refractivity (Wildman–Crippen MR) is 105 cm³/mol. The Bertz CT molecular complexity index is 837. The monoisotopic (exact) mass is 419 g/mol. The molecule has 0 saturated heterocycles. The van der Waals surface area contributed by atoms with E-state index in [9.17, 15) is 15.0 Å². The molecule has 0 fully saturated rings. The van der Waals surface area contributed by atoms with Gasteiger partial charge in [0.05, 0.1) is 17.3 Å². The molecule has 1 aliphatic rings. The van der Waals surface area contributed by atoms with Gasteiger partial charge in [-0.25, -0.2) is 0 Å². The van der Waals surface area contributed by atoms with E-state index in [1.54, 1.807) is 17.0 Å². The number of ether oxygens (including phenoxy) is 1. The Morgan fingerprint density at radius 3 is 2.69 bits per heavy atom. The molecule has 1 aliphatic heterocycles. The largest absolute Gasteiger partial charge is 0.507 e. The predicted octanol–water partition coefficient (Wildman–Crippen LogP) is 4.40. The topological polar surface area (TPSA) is 70.0 Å². The minimum atomic E-state index is -1.22. The number of aliphatic hydroxyl groups is 1. The number of hydrogen-bond acceptors (Lipinski definition) is 4. The molecule has 138 valence electrons. The summed E-state index contributed by atoms with van der Waals surface area (Å²) in [6, 6.07) is 8.74. The molecule has 26 heavy (non-hydrogen) atoms. The molecule has 1 heterocycles. The van der Waals surface area contributed by atoms with Gasteiger partial charge in [0.25, 0.3) is 5.91 Å². The fourth-order valence-electron chi connectivity index (χ4n) is 3.37. The Balaban J connectivity index is 2.08. The summed E-state index contributed by atoms with van der Waals surface area (Å²) in [6.07, 6.45) is 1.76. The van der Waals surface area contributed by atoms with E-state index in [0.29, 0.717) is 39.1 Å². The van der Waals surface area contributed by atoms with Gasteiger partial charge in [0, 0.05) is 23.7 Å². The van der Waals surface area contributed by atoms with E-state index < -0.39 is 6.10 Å². The summed E-state index contributed by atoms with van der Waals surface area (Å²) >= 11 is 3.42. The van der Waals surface area contributed by atoms with Crippen molar-refractivity contribution in [1.29, 1.82) is 0 Å². The highest BCUT2D eigenvalue weighted by atomic mass is 79.9. The number of unbranched alkanes of at least 4 members (excludes halogenated alkanes) is 2. The molecule has 6 heteroatoms. The van der Waals surface area contributed by atoms with Gasteiger partial charge in [0.2, 0.25) is 0 Å². The maximum atomic E-state index is 12.6. The van der Waals surface area contributed by atoms with Crippen LogP contribution in [-0.4, -0.2) is 29.8 Å². The van der Waals surface area contributed by atoms with Crippen molar-refractivity contribution in [2.24, 2.45) is 0 Å². The van der Waals surface area contributed by atoms with E-state index in [1.807, 2.05) is 12.1 Å². The van der Waals surface area contributed by atoms with Crippen LogP contribution in [0, 0.1) is 0 Å². The van der Waals surface area contributed by atoms with Crippen molar-refractivity contribution < 1.29 is 19.7 Å². The lowest BCUT2D eigenvalue weighted by molar-refractivity contribution is -0.125. The number of amides is 1. The van der Waals surface area contributed by atoms with Gasteiger partial charge >= 0.3 is 0 Å².